The number of carbonyl (C=O) groups is 1. The predicted octanol–water partition coefficient (Wildman–Crippen LogP) is 1.81. The van der Waals surface area contributed by atoms with Crippen LogP contribution in [0.15, 0.2) is 65.8 Å². The number of nitrogens with one attached hydrogen (secondary N) is 2. The minimum atomic E-state index is -1.02. The van der Waals surface area contributed by atoms with Crippen molar-refractivity contribution in [3.05, 3.63) is 99.7 Å². The van der Waals surface area contributed by atoms with Crippen molar-refractivity contribution in [1.29, 1.82) is 0 Å². The van der Waals surface area contributed by atoms with E-state index in [1.165, 1.54) is 35.3 Å². The van der Waals surface area contributed by atoms with Crippen LogP contribution in [0.1, 0.15) is 21.5 Å². The van der Waals surface area contributed by atoms with Crippen molar-refractivity contribution in [3.8, 4) is 0 Å². The summed E-state index contributed by atoms with van der Waals surface area (Å²) < 4.78 is 27.9. The van der Waals surface area contributed by atoms with E-state index in [1.54, 1.807) is 18.2 Å². The van der Waals surface area contributed by atoms with Crippen molar-refractivity contribution in [3.63, 3.8) is 0 Å². The number of rotatable bonds is 9. The zero-order valence-electron chi connectivity index (χ0n) is 19.0. The summed E-state index contributed by atoms with van der Waals surface area (Å²) >= 11 is 0. The maximum absolute atomic E-state index is 13.5. The van der Waals surface area contributed by atoms with Gasteiger partial charge < -0.3 is 25.4 Å². The van der Waals surface area contributed by atoms with Crippen LogP contribution in [0.3, 0.4) is 0 Å². The Morgan fingerprint density at radius 2 is 1.86 bits per heavy atom. The zero-order chi connectivity index (χ0) is 25.7. The highest BCUT2D eigenvalue weighted by Crippen LogP contribution is 2.21. The number of fused-ring (bicyclic) bond motifs is 1. The van der Waals surface area contributed by atoms with Gasteiger partial charge in [-0.25, -0.2) is 18.7 Å². The van der Waals surface area contributed by atoms with Gasteiger partial charge in [-0.1, -0.05) is 12.1 Å². The largest absolute Gasteiger partial charge is 0.394 e. The van der Waals surface area contributed by atoms with Crippen LogP contribution in [0.5, 0.6) is 0 Å². The lowest BCUT2D eigenvalue weighted by atomic mass is 10.1. The lowest BCUT2D eigenvalue weighted by Gasteiger charge is -2.12. The third-order valence-corrected chi connectivity index (χ3v) is 5.47. The number of hydrogen-bond donors (Lipinski definition) is 4. The topological polar surface area (TPSA) is 129 Å². The van der Waals surface area contributed by atoms with E-state index in [1.807, 2.05) is 0 Å². The van der Waals surface area contributed by atoms with E-state index < -0.39 is 35.8 Å². The smallest absolute Gasteiger partial charge is 0.263 e. The molecule has 0 aliphatic carbocycles. The number of aliphatic hydroxyl groups excluding tert-OH is 2. The highest BCUT2D eigenvalue weighted by molar-refractivity contribution is 5.94. The molecule has 0 fully saturated rings. The molecule has 2 aromatic heterocycles. The summed E-state index contributed by atoms with van der Waals surface area (Å²) in [5.41, 5.74) is 1.08. The van der Waals surface area contributed by atoms with Gasteiger partial charge in [0.05, 0.1) is 24.8 Å². The Balaban J connectivity index is 1.48. The Labute approximate surface area is 204 Å². The number of nitrogens with zero attached hydrogens (tertiary/aromatic N) is 3. The summed E-state index contributed by atoms with van der Waals surface area (Å²) in [6.07, 6.45) is 1.89. The second-order valence-corrected chi connectivity index (χ2v) is 8.08. The normalized spacial score (nSPS) is 11.9. The molecule has 4 rings (SSSR count). The maximum atomic E-state index is 13.5. The summed E-state index contributed by atoms with van der Waals surface area (Å²) in [7, 11) is 0. The van der Waals surface area contributed by atoms with Crippen LogP contribution < -0.4 is 16.2 Å². The van der Waals surface area contributed by atoms with E-state index in [2.05, 4.69) is 20.6 Å². The van der Waals surface area contributed by atoms with Gasteiger partial charge in [0.2, 0.25) is 0 Å². The molecule has 0 aliphatic heterocycles. The first-order valence-electron chi connectivity index (χ1n) is 11.0. The van der Waals surface area contributed by atoms with Crippen molar-refractivity contribution >= 4 is 22.6 Å². The third kappa shape index (κ3) is 5.70. The second kappa shape index (κ2) is 11.0. The summed E-state index contributed by atoms with van der Waals surface area (Å²) in [6, 6.07) is 11.6. The van der Waals surface area contributed by atoms with E-state index in [-0.39, 0.29) is 25.2 Å². The quantitative estimate of drug-likeness (QED) is 0.279. The van der Waals surface area contributed by atoms with Crippen LogP contribution in [-0.2, 0) is 13.1 Å². The molecule has 2 heterocycles. The van der Waals surface area contributed by atoms with E-state index in [9.17, 15) is 23.5 Å². The van der Waals surface area contributed by atoms with Crippen LogP contribution in [-0.4, -0.2) is 49.9 Å². The van der Waals surface area contributed by atoms with Gasteiger partial charge in [0.25, 0.3) is 11.5 Å². The minimum Gasteiger partial charge on any atom is -0.394 e. The molecule has 2 aromatic carbocycles. The first-order chi connectivity index (χ1) is 17.4. The van der Waals surface area contributed by atoms with Crippen LogP contribution >= 0.6 is 0 Å². The molecule has 0 radical (unpaired) electrons. The van der Waals surface area contributed by atoms with Gasteiger partial charge in [0.15, 0.2) is 11.6 Å². The van der Waals surface area contributed by atoms with Crippen molar-refractivity contribution < 1.29 is 23.8 Å². The molecule has 1 unspecified atom stereocenters. The molecule has 0 saturated carbocycles. The van der Waals surface area contributed by atoms with Crippen molar-refractivity contribution in [2.24, 2.45) is 0 Å². The van der Waals surface area contributed by atoms with Crippen LogP contribution in [0.25, 0.3) is 10.9 Å². The fourth-order valence-electron chi connectivity index (χ4n) is 3.58. The first kappa shape index (κ1) is 24.9. The van der Waals surface area contributed by atoms with Gasteiger partial charge in [0.1, 0.15) is 17.7 Å². The first-order valence-corrected chi connectivity index (χ1v) is 11.0. The van der Waals surface area contributed by atoms with Gasteiger partial charge in [0, 0.05) is 24.7 Å². The molecular formula is C25H23F2N5O4. The molecule has 1 amide bonds. The van der Waals surface area contributed by atoms with E-state index in [0.717, 1.165) is 17.7 Å². The number of amides is 1. The number of benzene rings is 2. The summed E-state index contributed by atoms with van der Waals surface area (Å²) in [5.74, 6) is -2.12. The zero-order valence-corrected chi connectivity index (χ0v) is 19.0. The molecule has 9 nitrogen and oxygen atoms in total. The van der Waals surface area contributed by atoms with Gasteiger partial charge in [-0.3, -0.25) is 9.59 Å². The molecule has 186 valence electrons. The minimum absolute atomic E-state index is 0.0252. The Hall–Kier alpha value is -4.22. The van der Waals surface area contributed by atoms with Crippen molar-refractivity contribution in [1.82, 2.24) is 19.9 Å². The van der Waals surface area contributed by atoms with E-state index in [0.29, 0.717) is 22.3 Å². The average molecular weight is 495 g/mol. The number of aliphatic hydroxyl groups is 2. The van der Waals surface area contributed by atoms with Crippen LogP contribution in [0, 0.1) is 11.6 Å². The highest BCUT2D eigenvalue weighted by Gasteiger charge is 2.14. The molecule has 0 saturated heterocycles. The molecule has 0 bridgehead atoms. The monoisotopic (exact) mass is 495 g/mol. The summed E-state index contributed by atoms with van der Waals surface area (Å²) in [4.78, 5) is 34.0. The number of halogens is 2. The number of carbonyl (C=O) groups excluding carboxylic acids is 1. The van der Waals surface area contributed by atoms with Crippen LogP contribution in [0.4, 0.5) is 14.6 Å². The molecule has 36 heavy (non-hydrogen) atoms. The Morgan fingerprint density at radius 1 is 1.06 bits per heavy atom. The number of aromatic nitrogens is 3. The maximum Gasteiger partial charge on any atom is 0.263 e. The van der Waals surface area contributed by atoms with Gasteiger partial charge >= 0.3 is 0 Å². The summed E-state index contributed by atoms with van der Waals surface area (Å²) in [6.45, 7) is -0.216. The molecule has 11 heteroatoms. The number of hydrogen-bond acceptors (Lipinski definition) is 7. The van der Waals surface area contributed by atoms with Crippen LogP contribution in [0.2, 0.25) is 0 Å². The molecule has 4 aromatic rings. The molecular weight excluding hydrogens is 472 g/mol. The lowest BCUT2D eigenvalue weighted by Crippen LogP contribution is -2.32. The molecule has 0 aliphatic rings. The number of anilines is 1. The van der Waals surface area contributed by atoms with Gasteiger partial charge in [-0.15, -0.1) is 0 Å². The van der Waals surface area contributed by atoms with E-state index in [4.69, 9.17) is 5.11 Å². The second-order valence-electron chi connectivity index (χ2n) is 8.08. The number of pyridine rings is 1. The van der Waals surface area contributed by atoms with Gasteiger partial charge in [-0.2, -0.15) is 0 Å². The molecule has 0 spiro atoms. The Bertz CT molecular complexity index is 1460. The average Bonchev–Trinajstić information content (AvgIpc) is 2.89. The third-order valence-electron chi connectivity index (χ3n) is 5.47. The Morgan fingerprint density at radius 3 is 2.64 bits per heavy atom. The fourth-order valence-corrected chi connectivity index (χ4v) is 3.58. The Kier molecular flexibility index (Phi) is 7.62. The van der Waals surface area contributed by atoms with Crippen molar-refractivity contribution in [2.45, 2.75) is 19.2 Å². The SMILES string of the molecule is O=C(NCc1ccc2ncnc(NCC(O)CO)c2c1)c1cccn(Cc2ccc(F)c(F)c2)c1=O. The molecule has 1 atom stereocenters. The standard InChI is InChI=1S/C25H23F2N5O4/c26-20-5-3-16(9-21(20)27)12-32-7-1-2-18(25(32)36)24(35)29-10-15-4-6-22-19(8-15)23(31-14-30-22)28-11-17(34)13-33/h1-9,14,17,33-34H,10-13H2,(H,29,35)(H,28,30,31). The van der Waals surface area contributed by atoms with Crippen molar-refractivity contribution in [2.75, 3.05) is 18.5 Å². The van der Waals surface area contributed by atoms with Gasteiger partial charge in [-0.05, 0) is 47.5 Å². The molecule has 4 N–H and O–H groups in total. The fraction of sp³-hybridized carbons (Fsp3) is 0.200. The van der Waals surface area contributed by atoms with E-state index >= 15 is 0 Å². The predicted molar refractivity (Wildman–Crippen MR) is 128 cm³/mol. The summed E-state index contributed by atoms with van der Waals surface area (Å²) in [5, 5.41) is 24.9. The lowest BCUT2D eigenvalue weighted by molar-refractivity contribution is 0.0948. The highest BCUT2D eigenvalue weighted by atomic mass is 19.2.